The van der Waals surface area contributed by atoms with Crippen molar-refractivity contribution in [3.05, 3.63) is 0 Å². The monoisotopic (exact) mass is 217 g/mol. The third-order valence-electron chi connectivity index (χ3n) is 2.26. The summed E-state index contributed by atoms with van der Waals surface area (Å²) in [6.45, 7) is 5.48. The molecule has 0 aromatic heterocycles. The summed E-state index contributed by atoms with van der Waals surface area (Å²) in [7, 11) is 0. The van der Waals surface area contributed by atoms with Gasteiger partial charge in [0.1, 0.15) is 0 Å². The van der Waals surface area contributed by atoms with Crippen molar-refractivity contribution in [3.63, 3.8) is 0 Å². The largest absolute Gasteiger partial charge is 0.464 e. The number of aliphatic hydroxyl groups is 1. The molecule has 1 atom stereocenters. The highest BCUT2D eigenvalue weighted by molar-refractivity contribution is 5.74. The van der Waals surface area contributed by atoms with E-state index in [0.29, 0.717) is 26.4 Å². The molecule has 0 aromatic carbocycles. The second-order valence-corrected chi connectivity index (χ2v) is 3.60. The maximum Gasteiger partial charge on any atom is 0.336 e. The van der Waals surface area contributed by atoms with Gasteiger partial charge in [0.15, 0.2) is 6.10 Å². The van der Waals surface area contributed by atoms with Crippen molar-refractivity contribution in [1.82, 2.24) is 4.90 Å². The van der Waals surface area contributed by atoms with Gasteiger partial charge in [0.2, 0.25) is 0 Å². The molecule has 1 N–H and O–H groups in total. The van der Waals surface area contributed by atoms with Gasteiger partial charge in [0.05, 0.1) is 19.8 Å². The van der Waals surface area contributed by atoms with Crippen LogP contribution in [-0.2, 0) is 14.3 Å². The van der Waals surface area contributed by atoms with Crippen LogP contribution in [0, 0.1) is 0 Å². The minimum absolute atomic E-state index is 0.339. The van der Waals surface area contributed by atoms with Crippen LogP contribution in [0.4, 0.5) is 0 Å². The number of hydrogen-bond donors (Lipinski definition) is 1. The lowest BCUT2D eigenvalue weighted by atomic mass is 10.3. The number of morpholine rings is 1. The first-order valence-electron chi connectivity index (χ1n) is 5.39. The van der Waals surface area contributed by atoms with Gasteiger partial charge in [-0.15, -0.1) is 0 Å². The Morgan fingerprint density at radius 2 is 2.20 bits per heavy atom. The molecule has 15 heavy (non-hydrogen) atoms. The summed E-state index contributed by atoms with van der Waals surface area (Å²) in [5, 5.41) is 9.54. The first-order chi connectivity index (χ1) is 7.24. The maximum atomic E-state index is 11.2. The third-order valence-corrected chi connectivity index (χ3v) is 2.26. The number of aliphatic hydroxyl groups excluding tert-OH is 1. The van der Waals surface area contributed by atoms with Crippen LogP contribution in [-0.4, -0.2) is 61.5 Å². The normalized spacial score (nSPS) is 19.9. The Labute approximate surface area is 90.0 Å². The first kappa shape index (κ1) is 12.4. The van der Waals surface area contributed by atoms with E-state index in [0.717, 1.165) is 19.5 Å². The topological polar surface area (TPSA) is 59.0 Å². The predicted molar refractivity (Wildman–Crippen MR) is 54.5 cm³/mol. The van der Waals surface area contributed by atoms with Gasteiger partial charge in [-0.05, 0) is 6.42 Å². The van der Waals surface area contributed by atoms with E-state index in [4.69, 9.17) is 9.47 Å². The van der Waals surface area contributed by atoms with Gasteiger partial charge in [0, 0.05) is 19.6 Å². The fourth-order valence-corrected chi connectivity index (χ4v) is 1.40. The molecule has 0 saturated carbocycles. The van der Waals surface area contributed by atoms with E-state index < -0.39 is 12.1 Å². The van der Waals surface area contributed by atoms with Crippen molar-refractivity contribution in [2.24, 2.45) is 0 Å². The third kappa shape index (κ3) is 4.59. The van der Waals surface area contributed by atoms with E-state index in [1.165, 1.54) is 0 Å². The van der Waals surface area contributed by atoms with Crippen LogP contribution in [0.5, 0.6) is 0 Å². The molecule has 1 heterocycles. The quantitative estimate of drug-likeness (QED) is 0.637. The second kappa shape index (κ2) is 6.76. The Kier molecular flexibility index (Phi) is 5.60. The minimum atomic E-state index is -1.03. The smallest absolute Gasteiger partial charge is 0.336 e. The molecule has 1 aliphatic heterocycles. The van der Waals surface area contributed by atoms with Crippen molar-refractivity contribution >= 4 is 5.97 Å². The average molecular weight is 217 g/mol. The van der Waals surface area contributed by atoms with E-state index in [2.05, 4.69) is 0 Å². The van der Waals surface area contributed by atoms with Crippen LogP contribution in [0.15, 0.2) is 0 Å². The predicted octanol–water partition coefficient (Wildman–Crippen LogP) is -0.367. The van der Waals surface area contributed by atoms with E-state index in [1.807, 2.05) is 11.8 Å². The van der Waals surface area contributed by atoms with Gasteiger partial charge in [-0.2, -0.15) is 0 Å². The Morgan fingerprint density at radius 1 is 1.53 bits per heavy atom. The first-order valence-corrected chi connectivity index (χ1v) is 5.39. The van der Waals surface area contributed by atoms with Crippen LogP contribution in [0.25, 0.3) is 0 Å². The lowest BCUT2D eigenvalue weighted by Gasteiger charge is -2.27. The molecule has 1 fully saturated rings. The molecule has 0 amide bonds. The van der Waals surface area contributed by atoms with Crippen LogP contribution in [0.2, 0.25) is 0 Å². The van der Waals surface area contributed by atoms with E-state index in [1.54, 1.807) is 0 Å². The standard InChI is InChI=1S/C10H19NO4/c1-2-5-15-10(13)9(12)8-11-3-6-14-7-4-11/h9,12H,2-8H2,1H3. The molecule has 5 nitrogen and oxygen atoms in total. The van der Waals surface area contributed by atoms with Crippen molar-refractivity contribution < 1.29 is 19.4 Å². The Bertz CT molecular complexity index is 192. The van der Waals surface area contributed by atoms with Crippen molar-refractivity contribution in [2.75, 3.05) is 39.5 Å². The van der Waals surface area contributed by atoms with E-state index in [9.17, 15) is 9.90 Å². The highest BCUT2D eigenvalue weighted by Crippen LogP contribution is 2.00. The zero-order valence-corrected chi connectivity index (χ0v) is 9.15. The molecule has 1 aliphatic rings. The summed E-state index contributed by atoms with van der Waals surface area (Å²) in [5.74, 6) is -0.525. The molecule has 0 aliphatic carbocycles. The number of esters is 1. The molecular formula is C10H19NO4. The fourth-order valence-electron chi connectivity index (χ4n) is 1.40. The lowest BCUT2D eigenvalue weighted by molar-refractivity contribution is -0.155. The molecule has 1 rings (SSSR count). The Hall–Kier alpha value is -0.650. The van der Waals surface area contributed by atoms with Gasteiger partial charge in [-0.3, -0.25) is 4.90 Å². The molecule has 0 spiro atoms. The molecule has 0 aromatic rings. The molecule has 0 radical (unpaired) electrons. The zero-order chi connectivity index (χ0) is 11.1. The summed E-state index contributed by atoms with van der Waals surface area (Å²) in [4.78, 5) is 13.2. The number of carbonyl (C=O) groups is 1. The number of carbonyl (C=O) groups excluding carboxylic acids is 1. The Morgan fingerprint density at radius 3 is 2.80 bits per heavy atom. The number of nitrogens with zero attached hydrogens (tertiary/aromatic N) is 1. The van der Waals surface area contributed by atoms with Gasteiger partial charge >= 0.3 is 5.97 Å². The SMILES string of the molecule is CCCOC(=O)C(O)CN1CCOCC1. The molecule has 88 valence electrons. The van der Waals surface area contributed by atoms with Crippen molar-refractivity contribution in [2.45, 2.75) is 19.4 Å². The van der Waals surface area contributed by atoms with Crippen molar-refractivity contribution in [1.29, 1.82) is 0 Å². The number of rotatable bonds is 5. The molecule has 0 bridgehead atoms. The van der Waals surface area contributed by atoms with Crippen LogP contribution in [0.3, 0.4) is 0 Å². The van der Waals surface area contributed by atoms with Gasteiger partial charge in [-0.1, -0.05) is 6.92 Å². The highest BCUT2D eigenvalue weighted by atomic mass is 16.5. The summed E-state index contributed by atoms with van der Waals surface area (Å²) in [5.41, 5.74) is 0. The maximum absolute atomic E-state index is 11.2. The Balaban J connectivity index is 2.20. The summed E-state index contributed by atoms with van der Waals surface area (Å²) >= 11 is 0. The summed E-state index contributed by atoms with van der Waals surface area (Å²) in [6.07, 6.45) is -0.259. The number of ether oxygens (including phenoxy) is 2. The van der Waals surface area contributed by atoms with Crippen LogP contribution in [0.1, 0.15) is 13.3 Å². The van der Waals surface area contributed by atoms with Crippen LogP contribution < -0.4 is 0 Å². The molecule has 5 heteroatoms. The highest BCUT2D eigenvalue weighted by Gasteiger charge is 2.21. The van der Waals surface area contributed by atoms with Gasteiger partial charge < -0.3 is 14.6 Å². The van der Waals surface area contributed by atoms with Crippen molar-refractivity contribution in [3.8, 4) is 0 Å². The second-order valence-electron chi connectivity index (χ2n) is 3.60. The molecule has 1 unspecified atom stereocenters. The van der Waals surface area contributed by atoms with Gasteiger partial charge in [-0.25, -0.2) is 4.79 Å². The van der Waals surface area contributed by atoms with Crippen LogP contribution >= 0.6 is 0 Å². The number of β-amino-alcohol motifs (C(OH)–C–C–N with tert-alkyl or cyclic N) is 1. The summed E-state index contributed by atoms with van der Waals surface area (Å²) < 4.78 is 10.0. The lowest BCUT2D eigenvalue weighted by Crippen LogP contribution is -2.43. The molecular weight excluding hydrogens is 198 g/mol. The molecule has 1 saturated heterocycles. The average Bonchev–Trinajstić information content (AvgIpc) is 2.27. The number of hydrogen-bond acceptors (Lipinski definition) is 5. The minimum Gasteiger partial charge on any atom is -0.464 e. The fraction of sp³-hybridized carbons (Fsp3) is 0.900. The zero-order valence-electron chi connectivity index (χ0n) is 9.15. The van der Waals surface area contributed by atoms with E-state index in [-0.39, 0.29) is 0 Å². The summed E-state index contributed by atoms with van der Waals surface area (Å²) in [6, 6.07) is 0. The van der Waals surface area contributed by atoms with Gasteiger partial charge in [0.25, 0.3) is 0 Å². The van der Waals surface area contributed by atoms with E-state index >= 15 is 0 Å².